The van der Waals surface area contributed by atoms with Crippen molar-refractivity contribution in [1.29, 1.82) is 0 Å². The van der Waals surface area contributed by atoms with Crippen LogP contribution in [0.1, 0.15) is 17.5 Å². The Kier molecular flexibility index (Phi) is 3.36. The number of nitrogens with two attached hydrogens (primary N) is 1. The summed E-state index contributed by atoms with van der Waals surface area (Å²) in [4.78, 5) is 13.0. The zero-order chi connectivity index (χ0) is 13.3. The molecule has 1 aliphatic heterocycles. The number of aliphatic carboxylic acids is 1. The molecule has 0 amide bonds. The SMILES string of the molecule is Cc1ccc(F)cc1CN1CCC(N)(C(=O)O)C1. The Morgan fingerprint density at radius 3 is 2.94 bits per heavy atom. The van der Waals surface area contributed by atoms with Gasteiger partial charge in [-0.25, -0.2) is 4.39 Å². The Morgan fingerprint density at radius 1 is 1.61 bits per heavy atom. The number of rotatable bonds is 3. The lowest BCUT2D eigenvalue weighted by molar-refractivity contribution is -0.142. The average molecular weight is 252 g/mol. The first-order valence-corrected chi connectivity index (χ1v) is 5.90. The zero-order valence-electron chi connectivity index (χ0n) is 10.3. The summed E-state index contributed by atoms with van der Waals surface area (Å²) in [5.41, 5.74) is 6.51. The molecule has 2 rings (SSSR count). The topological polar surface area (TPSA) is 66.6 Å². The Hall–Kier alpha value is -1.46. The van der Waals surface area contributed by atoms with Crippen LogP contribution in [0.3, 0.4) is 0 Å². The van der Waals surface area contributed by atoms with Crippen molar-refractivity contribution in [2.24, 2.45) is 5.73 Å². The summed E-state index contributed by atoms with van der Waals surface area (Å²) >= 11 is 0. The fourth-order valence-corrected chi connectivity index (χ4v) is 2.28. The third kappa shape index (κ3) is 2.52. The number of nitrogens with zero attached hydrogens (tertiary/aromatic N) is 1. The molecule has 0 aliphatic carbocycles. The number of carbonyl (C=O) groups is 1. The number of hydrogen-bond donors (Lipinski definition) is 2. The third-order valence-corrected chi connectivity index (χ3v) is 3.51. The summed E-state index contributed by atoms with van der Waals surface area (Å²) in [6, 6.07) is 4.65. The lowest BCUT2D eigenvalue weighted by atomic mass is 10.0. The van der Waals surface area contributed by atoms with Gasteiger partial charge in [0.25, 0.3) is 0 Å². The first kappa shape index (κ1) is 13.0. The van der Waals surface area contributed by atoms with Crippen LogP contribution in [0.2, 0.25) is 0 Å². The minimum atomic E-state index is -1.17. The highest BCUT2D eigenvalue weighted by Gasteiger charge is 2.41. The van der Waals surface area contributed by atoms with E-state index in [1.54, 1.807) is 6.07 Å². The molecule has 1 aromatic carbocycles. The molecule has 0 saturated carbocycles. The Balaban J connectivity index is 2.08. The quantitative estimate of drug-likeness (QED) is 0.846. The molecule has 1 fully saturated rings. The van der Waals surface area contributed by atoms with Gasteiger partial charge >= 0.3 is 5.97 Å². The van der Waals surface area contributed by atoms with Gasteiger partial charge in [0.1, 0.15) is 11.4 Å². The van der Waals surface area contributed by atoms with E-state index < -0.39 is 11.5 Å². The molecule has 3 N–H and O–H groups in total. The van der Waals surface area contributed by atoms with Gasteiger partial charge in [0.2, 0.25) is 0 Å². The highest BCUT2D eigenvalue weighted by molar-refractivity contribution is 5.79. The second kappa shape index (κ2) is 4.66. The van der Waals surface area contributed by atoms with Crippen LogP contribution in [0.5, 0.6) is 0 Å². The number of carboxylic acids is 1. The molecule has 0 aromatic heterocycles. The number of hydrogen-bond acceptors (Lipinski definition) is 3. The summed E-state index contributed by atoms with van der Waals surface area (Å²) in [6.45, 7) is 3.38. The van der Waals surface area contributed by atoms with Crippen LogP contribution in [-0.2, 0) is 11.3 Å². The molecule has 98 valence electrons. The first-order valence-electron chi connectivity index (χ1n) is 5.90. The molecule has 5 heteroatoms. The van der Waals surface area contributed by atoms with E-state index in [-0.39, 0.29) is 5.82 Å². The van der Waals surface area contributed by atoms with Crippen LogP contribution >= 0.6 is 0 Å². The second-order valence-electron chi connectivity index (χ2n) is 4.99. The van der Waals surface area contributed by atoms with Crippen LogP contribution in [0.25, 0.3) is 0 Å². The molecule has 4 nitrogen and oxygen atoms in total. The Morgan fingerprint density at radius 2 is 2.33 bits per heavy atom. The normalized spacial score (nSPS) is 24.4. The fourth-order valence-electron chi connectivity index (χ4n) is 2.28. The van der Waals surface area contributed by atoms with Gasteiger partial charge in [-0.15, -0.1) is 0 Å². The van der Waals surface area contributed by atoms with E-state index in [4.69, 9.17) is 10.8 Å². The lowest BCUT2D eigenvalue weighted by Crippen LogP contribution is -2.50. The van der Waals surface area contributed by atoms with E-state index in [0.717, 1.165) is 11.1 Å². The third-order valence-electron chi connectivity index (χ3n) is 3.51. The van der Waals surface area contributed by atoms with E-state index in [9.17, 15) is 9.18 Å². The van der Waals surface area contributed by atoms with Crippen molar-refractivity contribution in [3.05, 3.63) is 35.1 Å². The van der Waals surface area contributed by atoms with Crippen LogP contribution in [0.4, 0.5) is 4.39 Å². The van der Waals surface area contributed by atoms with Gasteiger partial charge in [-0.3, -0.25) is 9.69 Å². The summed E-state index contributed by atoms with van der Waals surface area (Å²) < 4.78 is 13.2. The van der Waals surface area contributed by atoms with E-state index in [1.165, 1.54) is 12.1 Å². The number of carboxylic acid groups (broad SMARTS) is 1. The summed E-state index contributed by atoms with van der Waals surface area (Å²) in [7, 11) is 0. The van der Waals surface area contributed by atoms with Gasteiger partial charge in [0.15, 0.2) is 0 Å². The minimum Gasteiger partial charge on any atom is -0.480 e. The minimum absolute atomic E-state index is 0.271. The molecule has 0 bridgehead atoms. The molecule has 0 radical (unpaired) electrons. The maximum absolute atomic E-state index is 13.2. The van der Waals surface area contributed by atoms with Crippen molar-refractivity contribution in [1.82, 2.24) is 4.90 Å². The largest absolute Gasteiger partial charge is 0.480 e. The standard InChI is InChI=1S/C13H17FN2O2/c1-9-2-3-11(14)6-10(9)7-16-5-4-13(15,8-16)12(17)18/h2-3,6H,4-5,7-8,15H2,1H3,(H,17,18). The van der Waals surface area contributed by atoms with Gasteiger partial charge < -0.3 is 10.8 Å². The zero-order valence-corrected chi connectivity index (χ0v) is 10.3. The first-order chi connectivity index (χ1) is 8.40. The van der Waals surface area contributed by atoms with Gasteiger partial charge in [-0.1, -0.05) is 6.07 Å². The van der Waals surface area contributed by atoms with E-state index >= 15 is 0 Å². The maximum Gasteiger partial charge on any atom is 0.325 e. The lowest BCUT2D eigenvalue weighted by Gasteiger charge is -2.20. The molecule has 1 atom stereocenters. The van der Waals surface area contributed by atoms with E-state index in [0.29, 0.717) is 26.1 Å². The predicted molar refractivity (Wildman–Crippen MR) is 65.6 cm³/mol. The number of aryl methyl sites for hydroxylation is 1. The van der Waals surface area contributed by atoms with E-state index in [1.807, 2.05) is 11.8 Å². The Bertz CT molecular complexity index is 478. The number of benzene rings is 1. The highest BCUT2D eigenvalue weighted by Crippen LogP contribution is 2.22. The molecule has 1 aromatic rings. The van der Waals surface area contributed by atoms with Crippen molar-refractivity contribution >= 4 is 5.97 Å². The fraction of sp³-hybridized carbons (Fsp3) is 0.462. The Labute approximate surface area is 105 Å². The van der Waals surface area contributed by atoms with Crippen molar-refractivity contribution < 1.29 is 14.3 Å². The van der Waals surface area contributed by atoms with Gasteiger partial charge in [0, 0.05) is 19.6 Å². The molecular formula is C13H17FN2O2. The van der Waals surface area contributed by atoms with E-state index in [2.05, 4.69) is 0 Å². The molecule has 1 heterocycles. The highest BCUT2D eigenvalue weighted by atomic mass is 19.1. The molecule has 18 heavy (non-hydrogen) atoms. The predicted octanol–water partition coefficient (Wildman–Crippen LogP) is 1.12. The average Bonchev–Trinajstić information content (AvgIpc) is 2.67. The van der Waals surface area contributed by atoms with Gasteiger partial charge in [0.05, 0.1) is 0 Å². The smallest absolute Gasteiger partial charge is 0.325 e. The molecule has 0 spiro atoms. The second-order valence-corrected chi connectivity index (χ2v) is 4.99. The van der Waals surface area contributed by atoms with Crippen LogP contribution in [-0.4, -0.2) is 34.6 Å². The van der Waals surface area contributed by atoms with Gasteiger partial charge in [-0.05, 0) is 36.6 Å². The molecule has 1 aliphatic rings. The van der Waals surface area contributed by atoms with Crippen LogP contribution < -0.4 is 5.73 Å². The summed E-state index contributed by atoms with van der Waals surface area (Å²) in [5.74, 6) is -1.24. The van der Waals surface area contributed by atoms with Crippen molar-refractivity contribution in [3.8, 4) is 0 Å². The molecule has 1 unspecified atom stereocenters. The molecular weight excluding hydrogens is 235 g/mol. The maximum atomic E-state index is 13.2. The van der Waals surface area contributed by atoms with Crippen LogP contribution in [0, 0.1) is 12.7 Å². The number of halogens is 1. The summed E-state index contributed by atoms with van der Waals surface area (Å²) in [6.07, 6.45) is 0.427. The van der Waals surface area contributed by atoms with Crippen molar-refractivity contribution in [2.75, 3.05) is 13.1 Å². The van der Waals surface area contributed by atoms with Gasteiger partial charge in [-0.2, -0.15) is 0 Å². The van der Waals surface area contributed by atoms with Crippen LogP contribution in [0.15, 0.2) is 18.2 Å². The summed E-state index contributed by atoms with van der Waals surface area (Å²) in [5, 5.41) is 9.04. The van der Waals surface area contributed by atoms with Crippen molar-refractivity contribution in [2.45, 2.75) is 25.4 Å². The molecule has 1 saturated heterocycles. The number of likely N-dealkylation sites (tertiary alicyclic amines) is 1. The van der Waals surface area contributed by atoms with Crippen molar-refractivity contribution in [3.63, 3.8) is 0 Å². The monoisotopic (exact) mass is 252 g/mol.